The summed E-state index contributed by atoms with van der Waals surface area (Å²) in [5.41, 5.74) is 1.66. The third-order valence-corrected chi connectivity index (χ3v) is 9.23. The molecule has 0 unspecified atom stereocenters. The highest BCUT2D eigenvalue weighted by molar-refractivity contribution is 7.88. The number of sulfonamides is 1. The Morgan fingerprint density at radius 2 is 1.90 bits per heavy atom. The quantitative estimate of drug-likeness (QED) is 0.361. The molecule has 3 rings (SSSR count). The van der Waals surface area contributed by atoms with Gasteiger partial charge in [-0.05, 0) is 69.7 Å². The molecule has 0 spiro atoms. The van der Waals surface area contributed by atoms with Crippen molar-refractivity contribution < 1.29 is 27.1 Å². The number of hydrogen-bond donors (Lipinski definition) is 2. The molecule has 1 aromatic rings. The third-order valence-electron chi connectivity index (χ3n) is 7.92. The Hall–Kier alpha value is -2.40. The molecule has 1 fully saturated rings. The fourth-order valence-electron chi connectivity index (χ4n) is 5.92. The number of carbonyl (C=O) groups is 2. The monoisotopic (exact) mass is 582 g/mol. The minimum Gasteiger partial charge on any atom is -0.436 e. The van der Waals surface area contributed by atoms with Crippen LogP contribution >= 0.6 is 0 Å². The molecule has 1 aliphatic carbocycles. The van der Waals surface area contributed by atoms with Crippen molar-refractivity contribution in [1.82, 2.24) is 14.9 Å². The second kappa shape index (κ2) is 14.0. The van der Waals surface area contributed by atoms with Gasteiger partial charge in [-0.3, -0.25) is 4.79 Å². The Morgan fingerprint density at radius 3 is 2.55 bits per heavy atom. The highest BCUT2D eigenvalue weighted by Crippen LogP contribution is 2.39. The van der Waals surface area contributed by atoms with Crippen LogP contribution in [0.5, 0.6) is 0 Å². The van der Waals surface area contributed by atoms with Crippen molar-refractivity contribution in [3.63, 3.8) is 0 Å². The molecule has 2 atom stereocenters. The van der Waals surface area contributed by atoms with Crippen molar-refractivity contribution in [2.75, 3.05) is 37.3 Å². The summed E-state index contributed by atoms with van der Waals surface area (Å²) in [6.45, 7) is 9.13. The van der Waals surface area contributed by atoms with Crippen LogP contribution in [0, 0.1) is 11.7 Å². The SMILES string of the molecule is CCCN(CCNC(=O)[C@H](CC1CCCCC1)OC(=O)N[C@@H](C)CN1c2ccc(F)cc2CC1(C)C)S(C)(=O)=O. The van der Waals surface area contributed by atoms with Gasteiger partial charge in [0, 0.05) is 43.4 Å². The van der Waals surface area contributed by atoms with E-state index in [0.29, 0.717) is 38.3 Å². The Bertz CT molecular complexity index is 1120. The fourth-order valence-corrected chi connectivity index (χ4v) is 6.86. The number of benzene rings is 1. The number of anilines is 1. The van der Waals surface area contributed by atoms with Gasteiger partial charge in [0.25, 0.3) is 5.91 Å². The van der Waals surface area contributed by atoms with E-state index in [1.54, 1.807) is 12.1 Å². The number of hydrogen-bond acceptors (Lipinski definition) is 6. The van der Waals surface area contributed by atoms with Crippen molar-refractivity contribution in [2.24, 2.45) is 5.92 Å². The molecule has 1 saturated carbocycles. The Kier molecular flexibility index (Phi) is 11.2. The van der Waals surface area contributed by atoms with Crippen molar-refractivity contribution in [3.05, 3.63) is 29.6 Å². The maximum Gasteiger partial charge on any atom is 0.408 e. The molecule has 11 heteroatoms. The molecule has 1 aliphatic heterocycles. The van der Waals surface area contributed by atoms with Crippen LogP contribution in [0.4, 0.5) is 14.9 Å². The molecule has 1 heterocycles. The molecule has 0 radical (unpaired) electrons. The summed E-state index contributed by atoms with van der Waals surface area (Å²) >= 11 is 0. The average Bonchev–Trinajstić information content (AvgIpc) is 3.11. The number of carbonyl (C=O) groups excluding carboxylic acids is 2. The molecule has 2 amide bonds. The van der Waals surface area contributed by atoms with Crippen molar-refractivity contribution in [2.45, 2.75) is 96.7 Å². The number of nitrogens with zero attached hydrogens (tertiary/aromatic N) is 2. The van der Waals surface area contributed by atoms with E-state index in [9.17, 15) is 22.4 Å². The summed E-state index contributed by atoms with van der Waals surface area (Å²) in [5, 5.41) is 5.66. The smallest absolute Gasteiger partial charge is 0.408 e. The number of ether oxygens (including phenoxy) is 1. The van der Waals surface area contributed by atoms with Gasteiger partial charge in [0.05, 0.1) is 6.26 Å². The molecular weight excluding hydrogens is 535 g/mol. The summed E-state index contributed by atoms with van der Waals surface area (Å²) in [5.74, 6) is -0.373. The summed E-state index contributed by atoms with van der Waals surface area (Å²) in [6.07, 6.45) is 6.71. The molecule has 0 saturated heterocycles. The lowest BCUT2D eigenvalue weighted by Gasteiger charge is -2.36. The molecule has 2 aliphatic rings. The highest BCUT2D eigenvalue weighted by atomic mass is 32.2. The van der Waals surface area contributed by atoms with Crippen LogP contribution in [0.1, 0.15) is 78.2 Å². The van der Waals surface area contributed by atoms with Crippen LogP contribution in [0.2, 0.25) is 0 Å². The summed E-state index contributed by atoms with van der Waals surface area (Å²) in [4.78, 5) is 28.3. The third kappa shape index (κ3) is 9.06. The van der Waals surface area contributed by atoms with E-state index in [1.807, 2.05) is 13.8 Å². The van der Waals surface area contributed by atoms with Crippen LogP contribution in [-0.2, 0) is 26.0 Å². The van der Waals surface area contributed by atoms with Gasteiger partial charge in [0.1, 0.15) is 5.82 Å². The molecular formula is C29H47FN4O5S. The second-order valence-corrected chi connectivity index (χ2v) is 14.0. The number of amides is 2. The van der Waals surface area contributed by atoms with Crippen molar-refractivity contribution in [3.8, 4) is 0 Å². The van der Waals surface area contributed by atoms with Gasteiger partial charge in [0.15, 0.2) is 6.10 Å². The zero-order valence-electron chi connectivity index (χ0n) is 24.7. The van der Waals surface area contributed by atoms with Gasteiger partial charge in [-0.25, -0.2) is 21.9 Å². The van der Waals surface area contributed by atoms with Gasteiger partial charge in [-0.2, -0.15) is 0 Å². The Balaban J connectivity index is 1.60. The Labute approximate surface area is 239 Å². The molecule has 1 aromatic carbocycles. The van der Waals surface area contributed by atoms with E-state index >= 15 is 0 Å². The van der Waals surface area contributed by atoms with Gasteiger partial charge in [-0.1, -0.05) is 39.0 Å². The van der Waals surface area contributed by atoms with Gasteiger partial charge in [-0.15, -0.1) is 0 Å². The lowest BCUT2D eigenvalue weighted by Crippen LogP contribution is -2.50. The lowest BCUT2D eigenvalue weighted by molar-refractivity contribution is -0.130. The summed E-state index contributed by atoms with van der Waals surface area (Å²) in [7, 11) is -3.38. The van der Waals surface area contributed by atoms with Crippen LogP contribution in [0.3, 0.4) is 0 Å². The molecule has 0 aromatic heterocycles. The molecule has 0 bridgehead atoms. The summed E-state index contributed by atoms with van der Waals surface area (Å²) < 4.78 is 44.8. The predicted octanol–water partition coefficient (Wildman–Crippen LogP) is 4.21. The average molecular weight is 583 g/mol. The van der Waals surface area contributed by atoms with Crippen LogP contribution in [0.15, 0.2) is 18.2 Å². The molecule has 40 heavy (non-hydrogen) atoms. The first kappa shape index (κ1) is 32.1. The number of halogens is 1. The minimum absolute atomic E-state index is 0.137. The number of rotatable bonds is 13. The maximum atomic E-state index is 13.8. The van der Waals surface area contributed by atoms with Crippen LogP contribution < -0.4 is 15.5 Å². The number of fused-ring (bicyclic) bond motifs is 1. The topological polar surface area (TPSA) is 108 Å². The van der Waals surface area contributed by atoms with E-state index in [1.165, 1.54) is 16.8 Å². The molecule has 226 valence electrons. The zero-order valence-corrected chi connectivity index (χ0v) is 25.5. The van der Waals surface area contributed by atoms with Crippen LogP contribution in [-0.4, -0.2) is 74.8 Å². The predicted molar refractivity (Wildman–Crippen MR) is 155 cm³/mol. The lowest BCUT2D eigenvalue weighted by atomic mass is 9.85. The first-order valence-electron chi connectivity index (χ1n) is 14.6. The molecule has 2 N–H and O–H groups in total. The van der Waals surface area contributed by atoms with Gasteiger partial charge < -0.3 is 20.3 Å². The van der Waals surface area contributed by atoms with Gasteiger partial charge in [0.2, 0.25) is 10.0 Å². The largest absolute Gasteiger partial charge is 0.436 e. The molecule has 9 nitrogen and oxygen atoms in total. The van der Waals surface area contributed by atoms with Crippen molar-refractivity contribution in [1.29, 1.82) is 0 Å². The van der Waals surface area contributed by atoms with E-state index in [-0.39, 0.29) is 30.5 Å². The van der Waals surface area contributed by atoms with E-state index in [2.05, 4.69) is 29.4 Å². The second-order valence-electron chi connectivity index (χ2n) is 12.0. The van der Waals surface area contributed by atoms with E-state index < -0.39 is 28.1 Å². The zero-order chi connectivity index (χ0) is 29.5. The van der Waals surface area contributed by atoms with Crippen LogP contribution in [0.25, 0.3) is 0 Å². The van der Waals surface area contributed by atoms with Crippen molar-refractivity contribution >= 4 is 27.7 Å². The minimum atomic E-state index is -3.38. The van der Waals surface area contributed by atoms with E-state index in [0.717, 1.165) is 43.2 Å². The number of alkyl carbamates (subject to hydrolysis) is 1. The number of nitrogens with one attached hydrogen (secondary N) is 2. The Morgan fingerprint density at radius 1 is 1.20 bits per heavy atom. The first-order chi connectivity index (χ1) is 18.8. The van der Waals surface area contributed by atoms with E-state index in [4.69, 9.17) is 4.74 Å². The standard InChI is InChI=1S/C29H47FN4O5S/c1-6-15-33(40(5,37)38)16-14-31-27(35)26(17-22-10-8-7-9-11-22)39-28(36)32-21(2)20-34-25-13-12-24(30)18-23(25)19-29(34,3)4/h12-13,18,21-22,26H,6-11,14-17,19-20H2,1-5H3,(H,31,35)(H,32,36)/t21-,26-/m0/s1. The fraction of sp³-hybridized carbons (Fsp3) is 0.724. The highest BCUT2D eigenvalue weighted by Gasteiger charge is 2.37. The summed E-state index contributed by atoms with van der Waals surface area (Å²) in [6, 6.07) is 4.50. The normalized spacial score (nSPS) is 18.7. The first-order valence-corrected chi connectivity index (χ1v) is 16.4. The maximum absolute atomic E-state index is 13.8. The van der Waals surface area contributed by atoms with Gasteiger partial charge >= 0.3 is 6.09 Å².